The zero-order valence-electron chi connectivity index (χ0n) is 15.3. The number of alkyl halides is 3. The van der Waals surface area contributed by atoms with Crippen molar-refractivity contribution in [3.8, 4) is 6.07 Å². The number of hydrogen-bond donors (Lipinski definition) is 1. The van der Waals surface area contributed by atoms with Crippen molar-refractivity contribution in [2.45, 2.75) is 25.8 Å². The molecule has 9 heteroatoms. The van der Waals surface area contributed by atoms with E-state index in [0.29, 0.717) is 11.3 Å². The molecule has 2 aromatic carbocycles. The quantitative estimate of drug-likeness (QED) is 0.707. The van der Waals surface area contributed by atoms with Crippen LogP contribution >= 0.6 is 0 Å². The topological polar surface area (TPSA) is 88.4 Å². The number of halogens is 3. The molecule has 0 aliphatic heterocycles. The Morgan fingerprint density at radius 2 is 1.79 bits per heavy atom. The molecule has 0 radical (unpaired) electrons. The van der Waals surface area contributed by atoms with Gasteiger partial charge in [-0.1, -0.05) is 24.3 Å². The number of hydrogen-bond acceptors (Lipinski definition) is 5. The van der Waals surface area contributed by atoms with E-state index in [1.54, 1.807) is 18.2 Å². The number of carbonyl (C=O) groups is 2. The molecule has 0 bridgehead atoms. The van der Waals surface area contributed by atoms with Crippen LogP contribution in [-0.2, 0) is 20.9 Å². The lowest BCUT2D eigenvalue weighted by molar-refractivity contribution is -0.176. The standard InChI is InChI=1S/C20H17F3N2O4/c1-13(18(26)25-17-5-3-2-4-16(17)10-24)29-19(27)15-8-6-14(7-9-15)11-28-12-20(21,22)23/h2-9,13H,11-12H2,1H3,(H,25,26). The van der Waals surface area contributed by atoms with Crippen LogP contribution in [0.2, 0.25) is 0 Å². The molecule has 2 rings (SSSR count). The predicted octanol–water partition coefficient (Wildman–Crippen LogP) is 3.82. The first-order valence-corrected chi connectivity index (χ1v) is 8.44. The van der Waals surface area contributed by atoms with Crippen LogP contribution in [0.3, 0.4) is 0 Å². The number of nitrogens with one attached hydrogen (secondary N) is 1. The van der Waals surface area contributed by atoms with Crippen molar-refractivity contribution in [3.63, 3.8) is 0 Å². The highest BCUT2D eigenvalue weighted by Crippen LogP contribution is 2.17. The maximum atomic E-state index is 12.2. The molecule has 1 N–H and O–H groups in total. The minimum absolute atomic E-state index is 0.127. The lowest BCUT2D eigenvalue weighted by atomic mass is 10.1. The summed E-state index contributed by atoms with van der Waals surface area (Å²) in [7, 11) is 0. The Hall–Kier alpha value is -3.38. The summed E-state index contributed by atoms with van der Waals surface area (Å²) in [5, 5.41) is 11.5. The number of amides is 1. The van der Waals surface area contributed by atoms with E-state index < -0.39 is 30.8 Å². The second kappa shape index (κ2) is 9.71. The number of nitrogens with zero attached hydrogens (tertiary/aromatic N) is 1. The minimum atomic E-state index is -4.41. The average molecular weight is 406 g/mol. The van der Waals surface area contributed by atoms with Gasteiger partial charge in [0.2, 0.25) is 0 Å². The van der Waals surface area contributed by atoms with Crippen molar-refractivity contribution in [2.75, 3.05) is 11.9 Å². The van der Waals surface area contributed by atoms with Gasteiger partial charge in [0, 0.05) is 0 Å². The zero-order valence-corrected chi connectivity index (χ0v) is 15.3. The Morgan fingerprint density at radius 3 is 2.41 bits per heavy atom. The van der Waals surface area contributed by atoms with Crippen LogP contribution in [0.15, 0.2) is 48.5 Å². The molecule has 0 spiro atoms. The molecule has 29 heavy (non-hydrogen) atoms. The molecular weight excluding hydrogens is 389 g/mol. The number of nitriles is 1. The van der Waals surface area contributed by atoms with Crippen LogP contribution in [0.5, 0.6) is 0 Å². The molecule has 1 amide bonds. The van der Waals surface area contributed by atoms with E-state index in [-0.39, 0.29) is 17.7 Å². The van der Waals surface area contributed by atoms with Crippen LogP contribution in [0.1, 0.15) is 28.4 Å². The Kier molecular flexibility index (Phi) is 7.33. The van der Waals surface area contributed by atoms with E-state index in [0.717, 1.165) is 0 Å². The number of ether oxygens (including phenoxy) is 2. The molecule has 1 unspecified atom stereocenters. The van der Waals surface area contributed by atoms with E-state index in [2.05, 4.69) is 10.1 Å². The summed E-state index contributed by atoms with van der Waals surface area (Å²) in [6.45, 7) is -0.244. The van der Waals surface area contributed by atoms with Gasteiger partial charge < -0.3 is 14.8 Å². The van der Waals surface area contributed by atoms with E-state index in [1.165, 1.54) is 37.3 Å². The molecule has 0 aliphatic carbocycles. The maximum Gasteiger partial charge on any atom is 0.411 e. The highest BCUT2D eigenvalue weighted by atomic mass is 19.4. The van der Waals surface area contributed by atoms with Crippen LogP contribution in [-0.4, -0.2) is 30.8 Å². The van der Waals surface area contributed by atoms with Gasteiger partial charge in [-0.05, 0) is 36.8 Å². The van der Waals surface area contributed by atoms with Crippen molar-refractivity contribution in [3.05, 3.63) is 65.2 Å². The Bertz CT molecular complexity index is 905. The molecule has 6 nitrogen and oxygen atoms in total. The van der Waals surface area contributed by atoms with Gasteiger partial charge in [-0.2, -0.15) is 18.4 Å². The molecular formula is C20H17F3N2O4. The number of benzene rings is 2. The van der Waals surface area contributed by atoms with E-state index in [1.807, 2.05) is 6.07 Å². The second-order valence-electron chi connectivity index (χ2n) is 6.00. The van der Waals surface area contributed by atoms with Crippen molar-refractivity contribution >= 4 is 17.6 Å². The normalized spacial score (nSPS) is 12.0. The Morgan fingerprint density at radius 1 is 1.14 bits per heavy atom. The fourth-order valence-corrected chi connectivity index (χ4v) is 2.23. The summed E-state index contributed by atoms with van der Waals surface area (Å²) in [4.78, 5) is 24.4. The molecule has 1 atom stereocenters. The molecule has 0 saturated carbocycles. The first-order chi connectivity index (χ1) is 13.7. The van der Waals surface area contributed by atoms with Crippen LogP contribution in [0.25, 0.3) is 0 Å². The molecule has 0 aromatic heterocycles. The van der Waals surface area contributed by atoms with Gasteiger partial charge in [-0.3, -0.25) is 4.79 Å². The van der Waals surface area contributed by atoms with Gasteiger partial charge in [-0.25, -0.2) is 4.79 Å². The number of rotatable bonds is 7. The highest BCUT2D eigenvalue weighted by Gasteiger charge is 2.27. The first kappa shape index (κ1) is 21.9. The molecule has 152 valence electrons. The van der Waals surface area contributed by atoms with Gasteiger partial charge in [0.25, 0.3) is 5.91 Å². The van der Waals surface area contributed by atoms with Gasteiger partial charge in [0.1, 0.15) is 12.7 Å². The summed E-state index contributed by atoms with van der Waals surface area (Å²) in [5.74, 6) is -1.39. The molecule has 0 saturated heterocycles. The monoisotopic (exact) mass is 406 g/mol. The van der Waals surface area contributed by atoms with Crippen molar-refractivity contribution in [1.29, 1.82) is 5.26 Å². The number of carbonyl (C=O) groups excluding carboxylic acids is 2. The summed E-state index contributed by atoms with van der Waals surface area (Å²) in [6.07, 6.45) is -5.54. The van der Waals surface area contributed by atoms with Crippen molar-refractivity contribution < 1.29 is 32.2 Å². The average Bonchev–Trinajstić information content (AvgIpc) is 2.67. The van der Waals surface area contributed by atoms with Crippen LogP contribution in [0, 0.1) is 11.3 Å². The van der Waals surface area contributed by atoms with E-state index in [9.17, 15) is 22.8 Å². The van der Waals surface area contributed by atoms with Crippen LogP contribution < -0.4 is 5.32 Å². The highest BCUT2D eigenvalue weighted by molar-refractivity contribution is 5.98. The van der Waals surface area contributed by atoms with Gasteiger partial charge in [0.15, 0.2) is 6.10 Å². The summed E-state index contributed by atoms with van der Waals surface area (Å²) >= 11 is 0. The third-order valence-electron chi connectivity index (χ3n) is 3.68. The summed E-state index contributed by atoms with van der Waals surface area (Å²) in [6, 6.07) is 13.9. The van der Waals surface area contributed by atoms with E-state index >= 15 is 0 Å². The third kappa shape index (κ3) is 6.93. The molecule has 0 heterocycles. The summed E-state index contributed by atoms with van der Waals surface area (Å²) in [5.41, 5.74) is 1.14. The van der Waals surface area contributed by atoms with Gasteiger partial charge >= 0.3 is 12.1 Å². The van der Waals surface area contributed by atoms with Gasteiger partial charge in [0.05, 0.1) is 23.4 Å². The number of para-hydroxylation sites is 1. The number of anilines is 1. The second-order valence-corrected chi connectivity index (χ2v) is 6.00. The molecule has 0 fully saturated rings. The zero-order chi connectivity index (χ0) is 21.4. The predicted molar refractivity (Wildman–Crippen MR) is 96.8 cm³/mol. The van der Waals surface area contributed by atoms with E-state index in [4.69, 9.17) is 10.00 Å². The fraction of sp³-hybridized carbons (Fsp3) is 0.250. The van der Waals surface area contributed by atoms with Gasteiger partial charge in [-0.15, -0.1) is 0 Å². The number of esters is 1. The Labute approximate surface area is 164 Å². The minimum Gasteiger partial charge on any atom is -0.449 e. The fourth-order valence-electron chi connectivity index (χ4n) is 2.23. The van der Waals surface area contributed by atoms with Crippen molar-refractivity contribution in [1.82, 2.24) is 0 Å². The van der Waals surface area contributed by atoms with Crippen LogP contribution in [0.4, 0.5) is 18.9 Å². The summed E-state index contributed by atoms with van der Waals surface area (Å²) < 4.78 is 45.8. The lowest BCUT2D eigenvalue weighted by Crippen LogP contribution is -2.30. The first-order valence-electron chi connectivity index (χ1n) is 8.44. The smallest absolute Gasteiger partial charge is 0.411 e. The third-order valence-corrected chi connectivity index (χ3v) is 3.68. The Balaban J connectivity index is 1.90. The SMILES string of the molecule is CC(OC(=O)c1ccc(COCC(F)(F)F)cc1)C(=O)Nc1ccccc1C#N. The lowest BCUT2D eigenvalue weighted by Gasteiger charge is -2.14. The van der Waals surface area contributed by atoms with Crippen molar-refractivity contribution in [2.24, 2.45) is 0 Å². The molecule has 0 aliphatic rings. The largest absolute Gasteiger partial charge is 0.449 e. The molecule has 2 aromatic rings. The maximum absolute atomic E-state index is 12.2.